The lowest BCUT2D eigenvalue weighted by Crippen LogP contribution is -2.30. The number of carbonyl (C=O) groups is 1. The summed E-state index contributed by atoms with van der Waals surface area (Å²) in [6.07, 6.45) is 2.40. The minimum absolute atomic E-state index is 0.0102. The molecule has 1 N–H and O–H groups in total. The van der Waals surface area contributed by atoms with Crippen molar-refractivity contribution in [2.45, 2.75) is 45.8 Å². The molecule has 0 aliphatic heterocycles. The van der Waals surface area contributed by atoms with E-state index in [1.165, 1.54) is 0 Å². The summed E-state index contributed by atoms with van der Waals surface area (Å²) in [5.74, 6) is 1.21. The molecule has 1 heterocycles. The van der Waals surface area contributed by atoms with Crippen molar-refractivity contribution in [1.29, 1.82) is 0 Å². The molecule has 3 rings (SSSR count). The molecule has 0 radical (unpaired) electrons. The highest BCUT2D eigenvalue weighted by Crippen LogP contribution is 2.40. The smallest absolute Gasteiger partial charge is 0.251 e. The zero-order chi connectivity index (χ0) is 17.1. The first-order chi connectivity index (χ1) is 11.5. The summed E-state index contributed by atoms with van der Waals surface area (Å²) in [6, 6.07) is 13.2. The van der Waals surface area contributed by atoms with Crippen LogP contribution in [0, 0.1) is 12.8 Å². The van der Waals surface area contributed by atoms with Crippen LogP contribution in [-0.4, -0.2) is 17.0 Å². The highest BCUT2D eigenvalue weighted by Gasteiger charge is 2.34. The van der Waals surface area contributed by atoms with Gasteiger partial charge in [0.25, 0.3) is 5.91 Å². The maximum atomic E-state index is 12.6. The number of nitrogens with zero attached hydrogens (tertiary/aromatic N) is 1. The molecular weight excluding hydrogens is 300 g/mol. The maximum Gasteiger partial charge on any atom is 0.251 e. The number of nitrogens with one attached hydrogen (secondary N) is 1. The van der Waals surface area contributed by atoms with E-state index < -0.39 is 0 Å². The Morgan fingerprint density at radius 1 is 1.17 bits per heavy atom. The molecule has 24 heavy (non-hydrogen) atoms. The lowest BCUT2D eigenvalue weighted by molar-refractivity contribution is 0.0930. The fourth-order valence-corrected chi connectivity index (χ4v) is 2.78. The van der Waals surface area contributed by atoms with E-state index in [0.717, 1.165) is 30.0 Å². The predicted octanol–water partition coefficient (Wildman–Crippen LogP) is 4.06. The average Bonchev–Trinajstić information content (AvgIpc) is 3.37. The second-order valence-electron chi connectivity index (χ2n) is 6.68. The van der Waals surface area contributed by atoms with Gasteiger partial charge in [-0.1, -0.05) is 6.07 Å². The van der Waals surface area contributed by atoms with Gasteiger partial charge in [0.15, 0.2) is 0 Å². The summed E-state index contributed by atoms with van der Waals surface area (Å²) < 4.78 is 5.62. The van der Waals surface area contributed by atoms with Crippen molar-refractivity contribution in [1.82, 2.24) is 10.3 Å². The van der Waals surface area contributed by atoms with Crippen LogP contribution >= 0.6 is 0 Å². The van der Waals surface area contributed by atoms with Crippen LogP contribution in [0.25, 0.3) is 0 Å². The minimum atomic E-state index is -0.0636. The van der Waals surface area contributed by atoms with Crippen LogP contribution in [0.3, 0.4) is 0 Å². The van der Waals surface area contributed by atoms with E-state index in [4.69, 9.17) is 4.74 Å². The maximum absolute atomic E-state index is 12.6. The van der Waals surface area contributed by atoms with Gasteiger partial charge in [0.1, 0.15) is 5.75 Å². The Morgan fingerprint density at radius 3 is 2.46 bits per heavy atom. The van der Waals surface area contributed by atoms with Crippen LogP contribution in [0.5, 0.6) is 5.75 Å². The number of carbonyl (C=O) groups excluding carboxylic acids is 1. The summed E-state index contributed by atoms with van der Waals surface area (Å²) in [4.78, 5) is 17.2. The molecule has 1 aliphatic rings. The van der Waals surface area contributed by atoms with Crippen LogP contribution in [0.4, 0.5) is 0 Å². The summed E-state index contributed by atoms with van der Waals surface area (Å²) in [6.45, 7) is 5.94. The number of hydrogen-bond donors (Lipinski definition) is 1. The number of pyridine rings is 1. The van der Waals surface area contributed by atoms with Gasteiger partial charge in [-0.05, 0) is 75.9 Å². The van der Waals surface area contributed by atoms with Crippen molar-refractivity contribution >= 4 is 5.91 Å². The first-order valence-electron chi connectivity index (χ1n) is 8.54. The average molecular weight is 324 g/mol. The van der Waals surface area contributed by atoms with Gasteiger partial charge in [0.05, 0.1) is 17.8 Å². The van der Waals surface area contributed by atoms with Crippen molar-refractivity contribution in [2.75, 3.05) is 0 Å². The third-order valence-electron chi connectivity index (χ3n) is 4.10. The SMILES string of the molecule is Cc1cccc([C@H](NC(=O)c2ccc(OC(C)C)cc2)C2CC2)n1. The van der Waals surface area contributed by atoms with Crippen molar-refractivity contribution in [2.24, 2.45) is 5.92 Å². The van der Waals surface area contributed by atoms with Crippen LogP contribution < -0.4 is 10.1 Å². The molecule has 126 valence electrons. The van der Waals surface area contributed by atoms with E-state index in [2.05, 4.69) is 10.3 Å². The lowest BCUT2D eigenvalue weighted by Gasteiger charge is -2.18. The highest BCUT2D eigenvalue weighted by molar-refractivity contribution is 5.94. The van der Waals surface area contributed by atoms with Crippen molar-refractivity contribution in [3.63, 3.8) is 0 Å². The van der Waals surface area contributed by atoms with E-state index in [9.17, 15) is 4.79 Å². The first-order valence-corrected chi connectivity index (χ1v) is 8.54. The van der Waals surface area contributed by atoms with E-state index in [0.29, 0.717) is 11.5 Å². The van der Waals surface area contributed by atoms with Gasteiger partial charge >= 0.3 is 0 Å². The molecular formula is C20H24N2O2. The van der Waals surface area contributed by atoms with Gasteiger partial charge in [-0.3, -0.25) is 9.78 Å². The van der Waals surface area contributed by atoms with Crippen LogP contribution in [-0.2, 0) is 0 Å². The number of rotatable bonds is 6. The molecule has 4 nitrogen and oxygen atoms in total. The number of amides is 1. The lowest BCUT2D eigenvalue weighted by atomic mass is 10.1. The molecule has 2 aromatic rings. The highest BCUT2D eigenvalue weighted by atomic mass is 16.5. The molecule has 1 aromatic heterocycles. The third-order valence-corrected chi connectivity index (χ3v) is 4.10. The van der Waals surface area contributed by atoms with Gasteiger partial charge in [-0.15, -0.1) is 0 Å². The second kappa shape index (κ2) is 7.04. The molecule has 1 atom stereocenters. The van der Waals surface area contributed by atoms with Gasteiger partial charge in [0, 0.05) is 11.3 Å². The van der Waals surface area contributed by atoms with Crippen molar-refractivity contribution in [3.05, 3.63) is 59.4 Å². The van der Waals surface area contributed by atoms with E-state index >= 15 is 0 Å². The minimum Gasteiger partial charge on any atom is -0.491 e. The molecule has 1 amide bonds. The Balaban J connectivity index is 1.72. The van der Waals surface area contributed by atoms with Crippen LogP contribution in [0.2, 0.25) is 0 Å². The number of benzene rings is 1. The molecule has 0 unspecified atom stereocenters. The van der Waals surface area contributed by atoms with E-state index in [-0.39, 0.29) is 18.1 Å². The Labute approximate surface area is 143 Å². The molecule has 4 heteroatoms. The van der Waals surface area contributed by atoms with Crippen molar-refractivity contribution < 1.29 is 9.53 Å². The molecule has 0 spiro atoms. The fraction of sp³-hybridized carbons (Fsp3) is 0.400. The molecule has 1 aliphatic carbocycles. The quantitative estimate of drug-likeness (QED) is 0.872. The zero-order valence-electron chi connectivity index (χ0n) is 14.5. The van der Waals surface area contributed by atoms with Gasteiger partial charge < -0.3 is 10.1 Å². The predicted molar refractivity (Wildman–Crippen MR) is 94.1 cm³/mol. The fourth-order valence-electron chi connectivity index (χ4n) is 2.78. The number of ether oxygens (including phenoxy) is 1. The second-order valence-corrected chi connectivity index (χ2v) is 6.68. The Morgan fingerprint density at radius 2 is 1.88 bits per heavy atom. The molecule has 1 fully saturated rings. The normalized spacial score (nSPS) is 15.2. The van der Waals surface area contributed by atoms with Crippen LogP contribution in [0.15, 0.2) is 42.5 Å². The zero-order valence-corrected chi connectivity index (χ0v) is 14.5. The number of aryl methyl sites for hydroxylation is 1. The van der Waals surface area contributed by atoms with Gasteiger partial charge in [-0.25, -0.2) is 0 Å². The Hall–Kier alpha value is -2.36. The summed E-state index contributed by atoms with van der Waals surface area (Å²) in [7, 11) is 0. The third kappa shape index (κ3) is 4.13. The van der Waals surface area contributed by atoms with Crippen LogP contribution in [0.1, 0.15) is 54.5 Å². The molecule has 1 aromatic carbocycles. The standard InChI is InChI=1S/C20H24N2O2/c1-13(2)24-17-11-9-16(10-12-17)20(23)22-19(15-7-8-15)18-6-4-5-14(3)21-18/h4-6,9-13,15,19H,7-8H2,1-3H3,(H,22,23)/t19-/m1/s1. The molecule has 0 bridgehead atoms. The van der Waals surface area contributed by atoms with E-state index in [1.807, 2.05) is 51.1 Å². The molecule has 1 saturated carbocycles. The number of hydrogen-bond acceptors (Lipinski definition) is 3. The summed E-state index contributed by atoms with van der Waals surface area (Å²) in [5, 5.41) is 3.16. The monoisotopic (exact) mass is 324 g/mol. The van der Waals surface area contributed by atoms with Crippen molar-refractivity contribution in [3.8, 4) is 5.75 Å². The molecule has 0 saturated heterocycles. The summed E-state index contributed by atoms with van der Waals surface area (Å²) in [5.41, 5.74) is 2.57. The largest absolute Gasteiger partial charge is 0.491 e. The summed E-state index contributed by atoms with van der Waals surface area (Å²) >= 11 is 0. The Kier molecular flexibility index (Phi) is 4.84. The van der Waals surface area contributed by atoms with Gasteiger partial charge in [0.2, 0.25) is 0 Å². The Bertz CT molecular complexity index is 706. The van der Waals surface area contributed by atoms with E-state index in [1.54, 1.807) is 12.1 Å². The number of aromatic nitrogens is 1. The topological polar surface area (TPSA) is 51.2 Å². The van der Waals surface area contributed by atoms with Gasteiger partial charge in [-0.2, -0.15) is 0 Å². The first kappa shape index (κ1) is 16.5.